The van der Waals surface area contributed by atoms with E-state index in [1.165, 1.54) is 0 Å². The summed E-state index contributed by atoms with van der Waals surface area (Å²) in [6, 6.07) is 6.88. The van der Waals surface area contributed by atoms with E-state index in [-0.39, 0.29) is 6.04 Å². The van der Waals surface area contributed by atoms with Crippen LogP contribution in [-0.2, 0) is 10.0 Å². The fraction of sp³-hybridized carbons (Fsp3) is 0.562. The van der Waals surface area contributed by atoms with Gasteiger partial charge in [0.15, 0.2) is 0 Å². The van der Waals surface area contributed by atoms with Crippen LogP contribution in [0.15, 0.2) is 23.1 Å². The fourth-order valence-corrected chi connectivity index (χ4v) is 4.93. The molecule has 6 heteroatoms. The summed E-state index contributed by atoms with van der Waals surface area (Å²) < 4.78 is 27.8. The molecule has 120 valence electrons. The molecule has 0 amide bonds. The average molecular weight is 321 g/mol. The highest BCUT2D eigenvalue weighted by atomic mass is 32.2. The Morgan fingerprint density at radius 1 is 1.36 bits per heavy atom. The molecule has 0 saturated carbocycles. The first-order chi connectivity index (χ1) is 10.5. The second kappa shape index (κ2) is 7.23. The lowest BCUT2D eigenvalue weighted by atomic mass is 10.1. The number of hydrogen-bond donors (Lipinski definition) is 1. The van der Waals surface area contributed by atoms with Gasteiger partial charge < -0.3 is 5.32 Å². The topological polar surface area (TPSA) is 73.2 Å². The van der Waals surface area contributed by atoms with Gasteiger partial charge in [-0.3, -0.25) is 0 Å². The summed E-state index contributed by atoms with van der Waals surface area (Å²) in [5.74, 6) is 0. The largest absolute Gasteiger partial charge is 0.317 e. The van der Waals surface area contributed by atoms with Crippen molar-refractivity contribution in [1.82, 2.24) is 9.62 Å². The Morgan fingerprint density at radius 2 is 2.05 bits per heavy atom. The van der Waals surface area contributed by atoms with Gasteiger partial charge in [0.1, 0.15) is 0 Å². The highest BCUT2D eigenvalue weighted by Gasteiger charge is 2.32. The van der Waals surface area contributed by atoms with Crippen molar-refractivity contribution >= 4 is 10.0 Å². The Hall–Kier alpha value is -1.42. The summed E-state index contributed by atoms with van der Waals surface area (Å²) in [4.78, 5) is 0.318. The molecular formula is C16H23N3O2S. The molecule has 1 heterocycles. The smallest absolute Gasteiger partial charge is 0.243 e. The van der Waals surface area contributed by atoms with Gasteiger partial charge >= 0.3 is 0 Å². The summed E-state index contributed by atoms with van der Waals surface area (Å²) in [6.07, 6.45) is 2.47. The lowest BCUT2D eigenvalue weighted by Crippen LogP contribution is -2.46. The Balaban J connectivity index is 2.38. The molecule has 1 saturated heterocycles. The van der Waals surface area contributed by atoms with E-state index in [4.69, 9.17) is 5.26 Å². The van der Waals surface area contributed by atoms with Crippen LogP contribution >= 0.6 is 0 Å². The highest BCUT2D eigenvalue weighted by Crippen LogP contribution is 2.25. The van der Waals surface area contributed by atoms with E-state index in [1.807, 2.05) is 13.0 Å². The molecular weight excluding hydrogens is 298 g/mol. The van der Waals surface area contributed by atoms with E-state index in [1.54, 1.807) is 29.4 Å². The van der Waals surface area contributed by atoms with Crippen LogP contribution in [0.4, 0.5) is 0 Å². The minimum atomic E-state index is -3.52. The zero-order valence-electron chi connectivity index (χ0n) is 13.2. The van der Waals surface area contributed by atoms with Crippen molar-refractivity contribution in [2.75, 3.05) is 19.6 Å². The van der Waals surface area contributed by atoms with Crippen molar-refractivity contribution in [2.45, 2.75) is 44.0 Å². The predicted octanol–water partition coefficient (Wildman–Crippen LogP) is 2.02. The number of sulfonamides is 1. The molecule has 0 unspecified atom stereocenters. The average Bonchev–Trinajstić information content (AvgIpc) is 2.52. The molecule has 0 aliphatic carbocycles. The van der Waals surface area contributed by atoms with Crippen molar-refractivity contribution in [3.63, 3.8) is 0 Å². The van der Waals surface area contributed by atoms with Crippen LogP contribution in [0.1, 0.15) is 37.3 Å². The Morgan fingerprint density at radius 3 is 2.59 bits per heavy atom. The molecule has 0 aromatic heterocycles. The lowest BCUT2D eigenvalue weighted by Gasteiger charge is -2.34. The van der Waals surface area contributed by atoms with E-state index in [0.717, 1.165) is 32.4 Å². The SMILES string of the molecule is CCCN(C1CCNCC1)S(=O)(=O)c1ccc(C#N)cc1C. The van der Waals surface area contributed by atoms with Gasteiger partial charge in [-0.25, -0.2) is 8.42 Å². The number of benzene rings is 1. The second-order valence-electron chi connectivity index (χ2n) is 5.69. The Labute approximate surface area is 133 Å². The molecule has 0 atom stereocenters. The van der Waals surface area contributed by atoms with Gasteiger partial charge in [0.05, 0.1) is 16.5 Å². The standard InChI is InChI=1S/C16H23N3O2S/c1-3-10-19(15-6-8-18-9-7-15)22(20,21)16-5-4-14(12-17)11-13(16)2/h4-5,11,15,18H,3,6-10H2,1-2H3. The van der Waals surface area contributed by atoms with Crippen LogP contribution in [-0.4, -0.2) is 38.4 Å². The molecule has 1 fully saturated rings. The molecule has 22 heavy (non-hydrogen) atoms. The maximum Gasteiger partial charge on any atom is 0.243 e. The molecule has 0 bridgehead atoms. The molecule has 1 aromatic carbocycles. The molecule has 1 aliphatic heterocycles. The fourth-order valence-electron chi connectivity index (χ4n) is 2.95. The van der Waals surface area contributed by atoms with Gasteiger partial charge in [-0.2, -0.15) is 9.57 Å². The molecule has 1 aliphatic rings. The van der Waals surface area contributed by atoms with E-state index < -0.39 is 10.0 Å². The zero-order valence-corrected chi connectivity index (χ0v) is 14.0. The minimum Gasteiger partial charge on any atom is -0.317 e. The van der Waals surface area contributed by atoms with Gasteiger partial charge in [-0.15, -0.1) is 0 Å². The molecule has 0 spiro atoms. The van der Waals surface area contributed by atoms with Crippen LogP contribution in [0, 0.1) is 18.3 Å². The highest BCUT2D eigenvalue weighted by molar-refractivity contribution is 7.89. The number of nitrogens with zero attached hydrogens (tertiary/aromatic N) is 2. The van der Waals surface area contributed by atoms with Crippen LogP contribution < -0.4 is 5.32 Å². The third-order valence-corrected chi connectivity index (χ3v) is 6.16. The third-order valence-electron chi connectivity index (χ3n) is 4.05. The number of nitriles is 1. The molecule has 5 nitrogen and oxygen atoms in total. The van der Waals surface area contributed by atoms with Crippen molar-refractivity contribution in [3.8, 4) is 6.07 Å². The summed E-state index contributed by atoms with van der Waals surface area (Å²) in [5.41, 5.74) is 1.12. The summed E-state index contributed by atoms with van der Waals surface area (Å²) in [5, 5.41) is 12.2. The van der Waals surface area contributed by atoms with Crippen molar-refractivity contribution in [2.24, 2.45) is 0 Å². The van der Waals surface area contributed by atoms with Gasteiger partial charge in [0.25, 0.3) is 0 Å². The first-order valence-corrected chi connectivity index (χ1v) is 9.18. The van der Waals surface area contributed by atoms with E-state index in [9.17, 15) is 8.42 Å². The summed E-state index contributed by atoms with van der Waals surface area (Å²) in [6.45, 7) is 5.99. The van der Waals surface area contributed by atoms with Crippen molar-refractivity contribution < 1.29 is 8.42 Å². The zero-order chi connectivity index (χ0) is 16.2. The van der Waals surface area contributed by atoms with Gasteiger partial charge in [-0.1, -0.05) is 6.92 Å². The van der Waals surface area contributed by atoms with Crippen molar-refractivity contribution in [1.29, 1.82) is 5.26 Å². The molecule has 1 aromatic rings. The first-order valence-electron chi connectivity index (χ1n) is 7.74. The number of aryl methyl sites for hydroxylation is 1. The van der Waals surface area contributed by atoms with Crippen LogP contribution in [0.2, 0.25) is 0 Å². The second-order valence-corrected chi connectivity index (χ2v) is 7.55. The van der Waals surface area contributed by atoms with Gasteiger partial charge in [-0.05, 0) is 63.0 Å². The number of nitrogens with one attached hydrogen (secondary N) is 1. The minimum absolute atomic E-state index is 0.0567. The molecule has 2 rings (SSSR count). The maximum absolute atomic E-state index is 13.1. The van der Waals surface area contributed by atoms with Crippen LogP contribution in [0.3, 0.4) is 0 Å². The monoisotopic (exact) mass is 321 g/mol. The number of rotatable bonds is 5. The van der Waals surface area contributed by atoms with E-state index in [0.29, 0.717) is 22.6 Å². The third kappa shape index (κ3) is 3.49. The molecule has 1 N–H and O–H groups in total. The van der Waals surface area contributed by atoms with Gasteiger partial charge in [0.2, 0.25) is 10.0 Å². The first kappa shape index (κ1) is 16.9. The number of piperidine rings is 1. The van der Waals surface area contributed by atoms with Gasteiger partial charge in [0, 0.05) is 12.6 Å². The summed E-state index contributed by atoms with van der Waals surface area (Å²) >= 11 is 0. The Kier molecular flexibility index (Phi) is 5.57. The summed E-state index contributed by atoms with van der Waals surface area (Å²) in [7, 11) is -3.52. The van der Waals surface area contributed by atoms with Crippen molar-refractivity contribution in [3.05, 3.63) is 29.3 Å². The molecule has 0 radical (unpaired) electrons. The van der Waals surface area contributed by atoms with E-state index >= 15 is 0 Å². The van der Waals surface area contributed by atoms with Crippen LogP contribution in [0.25, 0.3) is 0 Å². The van der Waals surface area contributed by atoms with Crippen LogP contribution in [0.5, 0.6) is 0 Å². The maximum atomic E-state index is 13.1. The quantitative estimate of drug-likeness (QED) is 0.900. The normalized spacial score (nSPS) is 16.6. The Bertz CT molecular complexity index is 658. The number of hydrogen-bond acceptors (Lipinski definition) is 4. The lowest BCUT2D eigenvalue weighted by molar-refractivity contribution is 0.262. The van der Waals surface area contributed by atoms with E-state index in [2.05, 4.69) is 5.32 Å². The predicted molar refractivity (Wildman–Crippen MR) is 86.0 cm³/mol.